The van der Waals surface area contributed by atoms with E-state index in [0.29, 0.717) is 6.07 Å². The fraction of sp³-hybridized carbons (Fsp3) is 0. The van der Waals surface area contributed by atoms with Gasteiger partial charge in [-0.3, -0.25) is 9.78 Å². The van der Waals surface area contributed by atoms with Crippen LogP contribution >= 0.6 is 0 Å². The van der Waals surface area contributed by atoms with Gasteiger partial charge >= 0.3 is 0 Å². The minimum atomic E-state index is -0.825. The highest BCUT2D eigenvalue weighted by Crippen LogP contribution is 2.15. The summed E-state index contributed by atoms with van der Waals surface area (Å²) in [4.78, 5) is 15.4. The highest BCUT2D eigenvalue weighted by Gasteiger charge is 2.10. The minimum Gasteiger partial charge on any atom is -0.318 e. The molecule has 0 bridgehead atoms. The molecule has 0 saturated heterocycles. The normalized spacial score (nSPS) is 10.0. The fourth-order valence-electron chi connectivity index (χ4n) is 1.27. The Bertz CT molecular complexity index is 543. The van der Waals surface area contributed by atoms with Crippen molar-refractivity contribution in [3.63, 3.8) is 0 Å². The van der Waals surface area contributed by atoms with Crippen molar-refractivity contribution in [1.82, 2.24) is 4.98 Å². The van der Waals surface area contributed by atoms with Crippen LogP contribution in [0.15, 0.2) is 42.6 Å². The van der Waals surface area contributed by atoms with Crippen molar-refractivity contribution in [2.75, 3.05) is 5.32 Å². The highest BCUT2D eigenvalue weighted by atomic mass is 19.1. The first-order valence-corrected chi connectivity index (χ1v) is 4.84. The van der Waals surface area contributed by atoms with Crippen LogP contribution < -0.4 is 5.32 Å². The molecule has 1 aromatic heterocycles. The average molecular weight is 234 g/mol. The van der Waals surface area contributed by atoms with E-state index in [0.717, 1.165) is 12.1 Å². The zero-order valence-electron chi connectivity index (χ0n) is 8.65. The van der Waals surface area contributed by atoms with Gasteiger partial charge in [-0.2, -0.15) is 0 Å². The highest BCUT2D eigenvalue weighted by molar-refractivity contribution is 6.02. The van der Waals surface area contributed by atoms with Crippen molar-refractivity contribution < 1.29 is 13.6 Å². The second-order valence-electron chi connectivity index (χ2n) is 3.29. The number of amides is 1. The summed E-state index contributed by atoms with van der Waals surface area (Å²) in [6.45, 7) is 0. The van der Waals surface area contributed by atoms with E-state index in [1.54, 1.807) is 12.1 Å². The predicted octanol–water partition coefficient (Wildman–Crippen LogP) is 2.61. The topological polar surface area (TPSA) is 42.0 Å². The quantitative estimate of drug-likeness (QED) is 0.867. The molecule has 1 amide bonds. The Morgan fingerprint density at radius 1 is 1.18 bits per heavy atom. The van der Waals surface area contributed by atoms with Gasteiger partial charge in [0.15, 0.2) is 0 Å². The Morgan fingerprint density at radius 3 is 2.65 bits per heavy atom. The van der Waals surface area contributed by atoms with Crippen molar-refractivity contribution >= 4 is 11.6 Å². The van der Waals surface area contributed by atoms with Crippen LogP contribution in [0, 0.1) is 11.6 Å². The smallest absolute Gasteiger partial charge is 0.274 e. The number of anilines is 1. The monoisotopic (exact) mass is 234 g/mol. The van der Waals surface area contributed by atoms with Gasteiger partial charge in [-0.1, -0.05) is 6.07 Å². The summed E-state index contributed by atoms with van der Waals surface area (Å²) in [5.41, 5.74) is 0.0817. The van der Waals surface area contributed by atoms with Gasteiger partial charge in [-0.25, -0.2) is 8.78 Å². The van der Waals surface area contributed by atoms with Gasteiger partial charge in [0.05, 0.1) is 5.69 Å². The largest absolute Gasteiger partial charge is 0.318 e. The number of benzene rings is 1. The summed E-state index contributed by atoms with van der Waals surface area (Å²) in [7, 11) is 0. The standard InChI is InChI=1S/C12H8F2N2O/c13-8-4-5-10(9(14)7-8)16-12(17)11-3-1-2-6-15-11/h1-7H,(H,16,17). The number of carbonyl (C=O) groups is 1. The first-order chi connectivity index (χ1) is 8.16. The van der Waals surface area contributed by atoms with Crippen LogP contribution in [0.1, 0.15) is 10.5 Å². The molecule has 1 aromatic carbocycles. The molecule has 0 radical (unpaired) electrons. The molecule has 0 unspecified atom stereocenters. The molecular formula is C12H8F2N2O. The molecule has 0 fully saturated rings. The SMILES string of the molecule is O=C(Nc1ccc(F)cc1F)c1ccccn1. The first-order valence-electron chi connectivity index (χ1n) is 4.84. The lowest BCUT2D eigenvalue weighted by Gasteiger charge is -2.05. The molecule has 5 heteroatoms. The summed E-state index contributed by atoms with van der Waals surface area (Å²) in [5.74, 6) is -2.07. The fourth-order valence-corrected chi connectivity index (χ4v) is 1.27. The maximum Gasteiger partial charge on any atom is 0.274 e. The van der Waals surface area contributed by atoms with E-state index < -0.39 is 17.5 Å². The molecule has 0 aliphatic rings. The maximum absolute atomic E-state index is 13.3. The minimum absolute atomic E-state index is 0.0814. The van der Waals surface area contributed by atoms with Crippen molar-refractivity contribution in [1.29, 1.82) is 0 Å². The molecule has 0 spiro atoms. The Labute approximate surface area is 96.1 Å². The third-order valence-corrected chi connectivity index (χ3v) is 2.08. The van der Waals surface area contributed by atoms with Crippen molar-refractivity contribution in [2.45, 2.75) is 0 Å². The van der Waals surface area contributed by atoms with Gasteiger partial charge in [0.2, 0.25) is 0 Å². The summed E-state index contributed by atoms with van der Waals surface area (Å²) >= 11 is 0. The molecule has 0 aliphatic heterocycles. The van der Waals surface area contributed by atoms with E-state index >= 15 is 0 Å². The van der Waals surface area contributed by atoms with E-state index in [-0.39, 0.29) is 11.4 Å². The summed E-state index contributed by atoms with van der Waals surface area (Å²) < 4.78 is 25.9. The number of carbonyl (C=O) groups excluding carboxylic acids is 1. The number of hydrogen-bond acceptors (Lipinski definition) is 2. The molecule has 0 atom stereocenters. The molecule has 2 rings (SSSR count). The number of halogens is 2. The van der Waals surface area contributed by atoms with Gasteiger partial charge in [0.1, 0.15) is 17.3 Å². The lowest BCUT2D eigenvalue weighted by molar-refractivity contribution is 0.102. The molecule has 0 saturated carbocycles. The molecule has 0 aliphatic carbocycles. The number of nitrogens with zero attached hydrogens (tertiary/aromatic N) is 1. The molecular weight excluding hydrogens is 226 g/mol. The average Bonchev–Trinajstić information content (AvgIpc) is 2.34. The Morgan fingerprint density at radius 2 is 2.00 bits per heavy atom. The molecule has 1 heterocycles. The maximum atomic E-state index is 13.3. The molecule has 2 aromatic rings. The number of pyridine rings is 1. The lowest BCUT2D eigenvalue weighted by atomic mass is 10.2. The van der Waals surface area contributed by atoms with Crippen LogP contribution in [-0.4, -0.2) is 10.9 Å². The van der Waals surface area contributed by atoms with E-state index in [4.69, 9.17) is 0 Å². The third kappa shape index (κ3) is 2.63. The zero-order valence-corrected chi connectivity index (χ0v) is 8.65. The van der Waals surface area contributed by atoms with Crippen LogP contribution in [0.2, 0.25) is 0 Å². The molecule has 86 valence electrons. The molecule has 1 N–H and O–H groups in total. The second kappa shape index (κ2) is 4.69. The first kappa shape index (κ1) is 11.2. The van der Waals surface area contributed by atoms with Crippen molar-refractivity contribution in [2.24, 2.45) is 0 Å². The second-order valence-corrected chi connectivity index (χ2v) is 3.29. The third-order valence-electron chi connectivity index (χ3n) is 2.08. The van der Waals surface area contributed by atoms with Gasteiger partial charge in [-0.05, 0) is 24.3 Å². The number of nitrogens with one attached hydrogen (secondary N) is 1. The van der Waals surface area contributed by atoms with Crippen LogP contribution in [0.25, 0.3) is 0 Å². The molecule has 17 heavy (non-hydrogen) atoms. The predicted molar refractivity (Wildman–Crippen MR) is 58.5 cm³/mol. The van der Waals surface area contributed by atoms with E-state index in [2.05, 4.69) is 10.3 Å². The van der Waals surface area contributed by atoms with Crippen LogP contribution in [-0.2, 0) is 0 Å². The Balaban J connectivity index is 2.19. The number of rotatable bonds is 2. The lowest BCUT2D eigenvalue weighted by Crippen LogP contribution is -2.14. The van der Waals surface area contributed by atoms with E-state index in [9.17, 15) is 13.6 Å². The summed E-state index contributed by atoms with van der Waals surface area (Å²) in [6, 6.07) is 7.73. The number of hydrogen-bond donors (Lipinski definition) is 1. The summed E-state index contributed by atoms with van der Waals surface area (Å²) in [5, 5.41) is 2.31. The van der Waals surface area contributed by atoms with E-state index in [1.165, 1.54) is 12.3 Å². The van der Waals surface area contributed by atoms with Gasteiger partial charge < -0.3 is 5.32 Å². The van der Waals surface area contributed by atoms with E-state index in [1.807, 2.05) is 0 Å². The van der Waals surface area contributed by atoms with Crippen molar-refractivity contribution in [3.05, 3.63) is 59.9 Å². The van der Waals surface area contributed by atoms with Crippen LogP contribution in [0.4, 0.5) is 14.5 Å². The van der Waals surface area contributed by atoms with Gasteiger partial charge in [0.25, 0.3) is 5.91 Å². The van der Waals surface area contributed by atoms with Crippen molar-refractivity contribution in [3.8, 4) is 0 Å². The Hall–Kier alpha value is -2.30. The summed E-state index contributed by atoms with van der Waals surface area (Å²) in [6.07, 6.45) is 1.45. The molecule has 3 nitrogen and oxygen atoms in total. The Kier molecular flexibility index (Phi) is 3.09. The van der Waals surface area contributed by atoms with Crippen LogP contribution in [0.3, 0.4) is 0 Å². The van der Waals surface area contributed by atoms with Gasteiger partial charge in [0, 0.05) is 12.3 Å². The van der Waals surface area contributed by atoms with Gasteiger partial charge in [-0.15, -0.1) is 0 Å². The van der Waals surface area contributed by atoms with Crippen LogP contribution in [0.5, 0.6) is 0 Å². The number of aromatic nitrogens is 1. The zero-order chi connectivity index (χ0) is 12.3.